The Morgan fingerprint density at radius 3 is 2.50 bits per heavy atom. The first-order valence-corrected chi connectivity index (χ1v) is 12.6. The quantitative estimate of drug-likeness (QED) is 0.265. The molecule has 9 heteroatoms. The number of hydrogen-bond acceptors (Lipinski definition) is 6. The lowest BCUT2D eigenvalue weighted by molar-refractivity contribution is 0.0527. The number of pyridine rings is 2. The molecule has 1 fully saturated rings. The first-order valence-electron chi connectivity index (χ1n) is 11.8. The van der Waals surface area contributed by atoms with Gasteiger partial charge >= 0.3 is 6.09 Å². The normalized spacial score (nSPS) is 13.3. The molecule has 0 aromatic carbocycles. The SMILES string of the molecule is Cc1ccc(NC(=O)c2ccc(Br)nc2NCCCCCNC(=O)OC(C)(C)C)nc1C1CC1. The predicted octanol–water partition coefficient (Wildman–Crippen LogP) is 5.78. The van der Waals surface area contributed by atoms with Crippen LogP contribution in [0.5, 0.6) is 0 Å². The number of ether oxygens (including phenoxy) is 1. The lowest BCUT2D eigenvalue weighted by Gasteiger charge is -2.19. The third kappa shape index (κ3) is 8.27. The van der Waals surface area contributed by atoms with Gasteiger partial charge in [0.1, 0.15) is 21.8 Å². The molecule has 0 radical (unpaired) electrons. The summed E-state index contributed by atoms with van der Waals surface area (Å²) in [6, 6.07) is 7.34. The molecule has 2 heterocycles. The van der Waals surface area contributed by atoms with Crippen LogP contribution >= 0.6 is 15.9 Å². The highest BCUT2D eigenvalue weighted by Crippen LogP contribution is 2.40. The molecular weight excluding hydrogens is 498 g/mol. The molecule has 1 saturated carbocycles. The van der Waals surface area contributed by atoms with Gasteiger partial charge in [-0.15, -0.1) is 0 Å². The number of amides is 2. The number of halogens is 1. The topological polar surface area (TPSA) is 105 Å². The highest BCUT2D eigenvalue weighted by molar-refractivity contribution is 9.10. The summed E-state index contributed by atoms with van der Waals surface area (Å²) in [6.45, 7) is 8.79. The van der Waals surface area contributed by atoms with Crippen molar-refractivity contribution in [2.45, 2.75) is 71.3 Å². The van der Waals surface area contributed by atoms with Crippen molar-refractivity contribution in [2.75, 3.05) is 23.7 Å². The second-order valence-corrected chi connectivity index (χ2v) is 10.4. The second-order valence-electron chi connectivity index (χ2n) is 9.57. The summed E-state index contributed by atoms with van der Waals surface area (Å²) in [5.41, 5.74) is 2.20. The van der Waals surface area contributed by atoms with Crippen LogP contribution in [0.4, 0.5) is 16.4 Å². The van der Waals surface area contributed by atoms with Crippen molar-refractivity contribution in [1.82, 2.24) is 15.3 Å². The largest absolute Gasteiger partial charge is 0.444 e. The summed E-state index contributed by atoms with van der Waals surface area (Å²) < 4.78 is 5.87. The molecule has 34 heavy (non-hydrogen) atoms. The predicted molar refractivity (Wildman–Crippen MR) is 137 cm³/mol. The van der Waals surface area contributed by atoms with E-state index in [1.54, 1.807) is 12.1 Å². The maximum Gasteiger partial charge on any atom is 0.407 e. The monoisotopic (exact) mass is 531 g/mol. The van der Waals surface area contributed by atoms with E-state index in [0.29, 0.717) is 40.8 Å². The number of aromatic nitrogens is 2. The number of carbonyl (C=O) groups excluding carboxylic acids is 2. The van der Waals surface area contributed by atoms with E-state index in [4.69, 9.17) is 4.74 Å². The molecule has 184 valence electrons. The first kappa shape index (κ1) is 25.9. The number of nitrogens with one attached hydrogen (secondary N) is 3. The molecule has 0 spiro atoms. The zero-order chi connectivity index (χ0) is 24.7. The van der Waals surface area contributed by atoms with E-state index in [1.807, 2.05) is 32.9 Å². The summed E-state index contributed by atoms with van der Waals surface area (Å²) in [5.74, 6) is 1.35. The molecule has 2 aromatic rings. The van der Waals surface area contributed by atoms with Gasteiger partial charge in [-0.2, -0.15) is 0 Å². The van der Waals surface area contributed by atoms with Gasteiger partial charge in [0.15, 0.2) is 0 Å². The van der Waals surface area contributed by atoms with E-state index in [-0.39, 0.29) is 5.91 Å². The van der Waals surface area contributed by atoms with Gasteiger partial charge in [0, 0.05) is 24.7 Å². The highest BCUT2D eigenvalue weighted by atomic mass is 79.9. The Hall–Kier alpha value is -2.68. The van der Waals surface area contributed by atoms with E-state index in [1.165, 1.54) is 0 Å². The summed E-state index contributed by atoms with van der Waals surface area (Å²) in [6.07, 6.45) is 4.54. The Bertz CT molecular complexity index is 1020. The average Bonchev–Trinajstić information content (AvgIpc) is 3.58. The molecule has 0 bridgehead atoms. The number of alkyl carbamates (subject to hydrolysis) is 1. The summed E-state index contributed by atoms with van der Waals surface area (Å²) in [4.78, 5) is 33.7. The standard InChI is InChI=1S/C25H34BrN5O3/c1-16-8-13-20(30-21(16)17-9-10-17)31-23(32)18-11-12-19(26)29-22(18)27-14-6-5-7-15-28-24(33)34-25(2,3)4/h8,11-13,17H,5-7,9-10,14-15H2,1-4H3,(H,27,29)(H,28,33)(H,30,31,32). The Morgan fingerprint density at radius 1 is 1.06 bits per heavy atom. The molecule has 0 aliphatic heterocycles. The van der Waals surface area contributed by atoms with Crippen LogP contribution in [0.3, 0.4) is 0 Å². The maximum absolute atomic E-state index is 13.0. The fourth-order valence-electron chi connectivity index (χ4n) is 3.46. The number of carbonyl (C=O) groups is 2. The summed E-state index contributed by atoms with van der Waals surface area (Å²) in [5, 5.41) is 8.94. The van der Waals surface area contributed by atoms with Crippen LogP contribution in [0.25, 0.3) is 0 Å². The van der Waals surface area contributed by atoms with Crippen LogP contribution in [0.2, 0.25) is 0 Å². The van der Waals surface area contributed by atoms with Crippen LogP contribution in [0.1, 0.15) is 80.4 Å². The van der Waals surface area contributed by atoms with Crippen molar-refractivity contribution in [3.8, 4) is 0 Å². The molecule has 2 aromatic heterocycles. The van der Waals surface area contributed by atoms with E-state index in [9.17, 15) is 9.59 Å². The van der Waals surface area contributed by atoms with Gasteiger partial charge in [0.2, 0.25) is 0 Å². The number of anilines is 2. The molecule has 1 aliphatic carbocycles. The minimum absolute atomic E-state index is 0.248. The van der Waals surface area contributed by atoms with Crippen LogP contribution < -0.4 is 16.0 Å². The van der Waals surface area contributed by atoms with Crippen LogP contribution in [-0.2, 0) is 4.74 Å². The maximum atomic E-state index is 13.0. The average molecular weight is 532 g/mol. The molecule has 2 amide bonds. The minimum Gasteiger partial charge on any atom is -0.444 e. The Balaban J connectivity index is 1.47. The number of nitrogens with zero attached hydrogens (tertiary/aromatic N) is 2. The zero-order valence-corrected chi connectivity index (χ0v) is 21.9. The van der Waals surface area contributed by atoms with Gasteiger partial charge in [-0.25, -0.2) is 14.8 Å². The van der Waals surface area contributed by atoms with Gasteiger partial charge in [0.05, 0.1) is 5.56 Å². The van der Waals surface area contributed by atoms with E-state index >= 15 is 0 Å². The molecule has 0 atom stereocenters. The van der Waals surface area contributed by atoms with E-state index in [0.717, 1.165) is 43.4 Å². The molecule has 3 N–H and O–H groups in total. The van der Waals surface area contributed by atoms with Crippen molar-refractivity contribution < 1.29 is 14.3 Å². The van der Waals surface area contributed by atoms with E-state index in [2.05, 4.69) is 48.8 Å². The van der Waals surface area contributed by atoms with Gasteiger partial charge < -0.3 is 20.7 Å². The summed E-state index contributed by atoms with van der Waals surface area (Å²) in [7, 11) is 0. The number of aryl methyl sites for hydroxylation is 1. The van der Waals surface area contributed by atoms with Crippen LogP contribution in [0, 0.1) is 6.92 Å². The fourth-order valence-corrected chi connectivity index (χ4v) is 3.77. The van der Waals surface area contributed by atoms with Gasteiger partial charge in [0.25, 0.3) is 5.91 Å². The lowest BCUT2D eigenvalue weighted by atomic mass is 10.1. The Labute approximate surface area is 209 Å². The lowest BCUT2D eigenvalue weighted by Crippen LogP contribution is -2.33. The number of rotatable bonds is 10. The Kier molecular flexibility index (Phi) is 8.88. The number of hydrogen-bond donors (Lipinski definition) is 3. The highest BCUT2D eigenvalue weighted by Gasteiger charge is 2.27. The van der Waals surface area contributed by atoms with Crippen LogP contribution in [-0.4, -0.2) is 40.7 Å². The molecule has 1 aliphatic rings. The van der Waals surface area contributed by atoms with Crippen molar-refractivity contribution in [1.29, 1.82) is 0 Å². The Morgan fingerprint density at radius 2 is 1.79 bits per heavy atom. The van der Waals surface area contributed by atoms with Crippen molar-refractivity contribution >= 4 is 39.6 Å². The second kappa shape index (κ2) is 11.6. The molecular formula is C25H34BrN5O3. The minimum atomic E-state index is -0.496. The van der Waals surface area contributed by atoms with Crippen molar-refractivity contribution in [3.63, 3.8) is 0 Å². The molecule has 8 nitrogen and oxygen atoms in total. The van der Waals surface area contributed by atoms with Crippen molar-refractivity contribution in [2.24, 2.45) is 0 Å². The summed E-state index contributed by atoms with van der Waals surface area (Å²) >= 11 is 3.38. The molecule has 3 rings (SSSR count). The molecule has 0 unspecified atom stereocenters. The molecule has 0 saturated heterocycles. The first-order chi connectivity index (χ1) is 16.1. The van der Waals surface area contributed by atoms with Gasteiger partial charge in [-0.1, -0.05) is 6.07 Å². The smallest absolute Gasteiger partial charge is 0.407 e. The fraction of sp³-hybridized carbons (Fsp3) is 0.520. The number of unbranched alkanes of at least 4 members (excludes halogenated alkanes) is 2. The van der Waals surface area contributed by atoms with Gasteiger partial charge in [-0.3, -0.25) is 4.79 Å². The third-order valence-electron chi connectivity index (χ3n) is 5.26. The van der Waals surface area contributed by atoms with Gasteiger partial charge in [-0.05, 0) is 99.5 Å². The van der Waals surface area contributed by atoms with E-state index < -0.39 is 11.7 Å². The van der Waals surface area contributed by atoms with Crippen molar-refractivity contribution in [3.05, 3.63) is 45.7 Å². The van der Waals surface area contributed by atoms with Crippen LogP contribution in [0.15, 0.2) is 28.9 Å². The zero-order valence-electron chi connectivity index (χ0n) is 20.3. The third-order valence-corrected chi connectivity index (χ3v) is 5.70.